The fourth-order valence-electron chi connectivity index (χ4n) is 2.71. The number of nitrogens with one attached hydrogen (secondary N) is 2. The summed E-state index contributed by atoms with van der Waals surface area (Å²) in [6.07, 6.45) is 5.22. The van der Waals surface area contributed by atoms with E-state index < -0.39 is 0 Å². The van der Waals surface area contributed by atoms with Crippen LogP contribution in [-0.4, -0.2) is 54.6 Å². The van der Waals surface area contributed by atoms with E-state index in [9.17, 15) is 0 Å². The van der Waals surface area contributed by atoms with Crippen molar-refractivity contribution in [3.05, 3.63) is 48.6 Å². The minimum atomic E-state index is 0.648. The fraction of sp³-hybridized carbons (Fsp3) is 0.450. The summed E-state index contributed by atoms with van der Waals surface area (Å²) in [7, 11) is 3.27. The molecule has 0 saturated carbocycles. The third-order valence-electron chi connectivity index (χ3n) is 4.19. The Morgan fingerprint density at radius 1 is 1.25 bits per heavy atom. The van der Waals surface area contributed by atoms with Crippen LogP contribution in [0.2, 0.25) is 0 Å². The molecule has 0 aliphatic carbocycles. The maximum Gasteiger partial charge on any atom is 0.191 e. The quantitative estimate of drug-likeness (QED) is 0.348. The predicted molar refractivity (Wildman–Crippen MR) is 111 cm³/mol. The predicted octanol–water partition coefficient (Wildman–Crippen LogP) is 1.82. The highest BCUT2D eigenvalue weighted by Gasteiger charge is 2.05. The number of hydrogen-bond acceptors (Lipinski definition) is 5. The van der Waals surface area contributed by atoms with Crippen molar-refractivity contribution < 1.29 is 9.47 Å². The lowest BCUT2D eigenvalue weighted by atomic mass is 10.1. The molecule has 0 atom stereocenters. The molecular weight excluding hydrogens is 356 g/mol. The van der Waals surface area contributed by atoms with Crippen LogP contribution in [-0.2, 0) is 19.4 Å². The summed E-state index contributed by atoms with van der Waals surface area (Å²) in [6.45, 7) is 8.62. The number of aliphatic imine (C=N–C) groups is 1. The van der Waals surface area contributed by atoms with Crippen LogP contribution in [0.4, 0.5) is 0 Å². The fourth-order valence-corrected chi connectivity index (χ4v) is 2.71. The van der Waals surface area contributed by atoms with E-state index in [2.05, 4.69) is 39.3 Å². The normalized spacial score (nSPS) is 11.2. The van der Waals surface area contributed by atoms with Crippen LogP contribution in [0.3, 0.4) is 0 Å². The van der Waals surface area contributed by atoms with Gasteiger partial charge in [-0.3, -0.25) is 4.99 Å². The molecule has 1 heterocycles. The number of methoxy groups -OCH3 is 2. The minimum Gasteiger partial charge on any atom is -0.493 e. The van der Waals surface area contributed by atoms with Gasteiger partial charge in [0.05, 0.1) is 14.2 Å². The van der Waals surface area contributed by atoms with Gasteiger partial charge in [-0.1, -0.05) is 19.1 Å². The first kappa shape index (κ1) is 21.3. The third-order valence-corrected chi connectivity index (χ3v) is 4.19. The molecule has 0 fully saturated rings. The second-order valence-corrected chi connectivity index (χ2v) is 6.06. The molecule has 0 spiro atoms. The van der Waals surface area contributed by atoms with Gasteiger partial charge in [0, 0.05) is 32.6 Å². The van der Waals surface area contributed by atoms with Crippen molar-refractivity contribution >= 4 is 5.96 Å². The number of rotatable bonds is 11. The number of hydrogen-bond donors (Lipinski definition) is 2. The summed E-state index contributed by atoms with van der Waals surface area (Å²) in [5.41, 5.74) is 1.14. The molecule has 0 unspecified atom stereocenters. The van der Waals surface area contributed by atoms with Gasteiger partial charge < -0.3 is 24.7 Å². The smallest absolute Gasteiger partial charge is 0.191 e. The van der Waals surface area contributed by atoms with Gasteiger partial charge in [0.1, 0.15) is 12.2 Å². The minimum absolute atomic E-state index is 0.648. The molecule has 1 aromatic heterocycles. The van der Waals surface area contributed by atoms with E-state index in [0.717, 1.165) is 54.8 Å². The summed E-state index contributed by atoms with van der Waals surface area (Å²) in [5.74, 6) is 3.19. The van der Waals surface area contributed by atoms with Crippen LogP contribution >= 0.6 is 0 Å². The number of ether oxygens (including phenoxy) is 2. The maximum atomic E-state index is 5.36. The Bertz CT molecular complexity index is 772. The van der Waals surface area contributed by atoms with Crippen LogP contribution in [0.1, 0.15) is 18.3 Å². The highest BCUT2D eigenvalue weighted by molar-refractivity contribution is 5.79. The molecule has 0 amide bonds. The number of aromatic nitrogens is 3. The van der Waals surface area contributed by atoms with E-state index in [4.69, 9.17) is 9.47 Å². The van der Waals surface area contributed by atoms with E-state index in [1.54, 1.807) is 26.6 Å². The summed E-state index contributed by atoms with van der Waals surface area (Å²) < 4.78 is 12.7. The van der Waals surface area contributed by atoms with E-state index in [1.807, 2.05) is 22.8 Å². The van der Waals surface area contributed by atoms with Crippen LogP contribution in [0.15, 0.2) is 42.2 Å². The summed E-state index contributed by atoms with van der Waals surface area (Å²) in [4.78, 5) is 4.65. The highest BCUT2D eigenvalue weighted by Crippen LogP contribution is 2.27. The van der Waals surface area contributed by atoms with Gasteiger partial charge in [0.15, 0.2) is 17.5 Å². The Morgan fingerprint density at radius 3 is 2.79 bits per heavy atom. The Balaban J connectivity index is 1.90. The zero-order valence-corrected chi connectivity index (χ0v) is 16.9. The monoisotopic (exact) mass is 386 g/mol. The summed E-state index contributed by atoms with van der Waals surface area (Å²) >= 11 is 0. The summed E-state index contributed by atoms with van der Waals surface area (Å²) in [6, 6.07) is 5.92. The van der Waals surface area contributed by atoms with Crippen molar-refractivity contribution in [2.24, 2.45) is 4.99 Å². The van der Waals surface area contributed by atoms with Crippen LogP contribution in [0.5, 0.6) is 11.5 Å². The standard InChI is InChI=1S/C20H30N6O2/c1-5-10-21-20(23-12-13-26-15-24-25-19(26)6-2)22-11-9-16-7-8-17(27-3)18(14-16)28-4/h5,7-8,14-15H,1,6,9-13H2,2-4H3,(H2,21,22,23). The number of guanidine groups is 1. The average Bonchev–Trinajstić information content (AvgIpc) is 3.18. The van der Waals surface area contributed by atoms with Gasteiger partial charge >= 0.3 is 0 Å². The van der Waals surface area contributed by atoms with Crippen molar-refractivity contribution in [3.63, 3.8) is 0 Å². The summed E-state index contributed by atoms with van der Waals surface area (Å²) in [5, 5.41) is 14.6. The largest absolute Gasteiger partial charge is 0.493 e. The zero-order chi connectivity index (χ0) is 20.2. The maximum absolute atomic E-state index is 5.36. The Labute approximate surface area is 166 Å². The first-order valence-electron chi connectivity index (χ1n) is 9.42. The molecule has 0 bridgehead atoms. The molecule has 0 saturated heterocycles. The SMILES string of the molecule is C=CCNC(=NCCc1ccc(OC)c(OC)c1)NCCn1cnnc1CC. The first-order valence-corrected chi connectivity index (χ1v) is 9.42. The molecule has 0 aliphatic rings. The second-order valence-electron chi connectivity index (χ2n) is 6.06. The molecule has 1 aromatic carbocycles. The van der Waals surface area contributed by atoms with Gasteiger partial charge in [-0.05, 0) is 24.1 Å². The van der Waals surface area contributed by atoms with Gasteiger partial charge in [-0.25, -0.2) is 0 Å². The molecule has 0 radical (unpaired) electrons. The number of benzene rings is 1. The molecule has 28 heavy (non-hydrogen) atoms. The molecule has 2 rings (SSSR count). The highest BCUT2D eigenvalue weighted by atomic mass is 16.5. The Kier molecular flexibility index (Phi) is 8.84. The van der Waals surface area contributed by atoms with Crippen LogP contribution in [0, 0.1) is 0 Å². The van der Waals surface area contributed by atoms with E-state index in [0.29, 0.717) is 13.1 Å². The van der Waals surface area contributed by atoms with Crippen molar-refractivity contribution in [1.29, 1.82) is 0 Å². The topological polar surface area (TPSA) is 85.6 Å². The lowest BCUT2D eigenvalue weighted by molar-refractivity contribution is 0.354. The molecular formula is C20H30N6O2. The van der Waals surface area contributed by atoms with Crippen molar-refractivity contribution in [3.8, 4) is 11.5 Å². The van der Waals surface area contributed by atoms with Crippen LogP contribution < -0.4 is 20.1 Å². The van der Waals surface area contributed by atoms with E-state index in [1.165, 1.54) is 0 Å². The van der Waals surface area contributed by atoms with Gasteiger partial charge in [0.25, 0.3) is 0 Å². The molecule has 8 nitrogen and oxygen atoms in total. The number of nitrogens with zero attached hydrogens (tertiary/aromatic N) is 4. The van der Waals surface area contributed by atoms with Gasteiger partial charge in [-0.15, -0.1) is 16.8 Å². The van der Waals surface area contributed by atoms with Crippen molar-refractivity contribution in [2.75, 3.05) is 33.9 Å². The van der Waals surface area contributed by atoms with E-state index in [-0.39, 0.29) is 0 Å². The van der Waals surface area contributed by atoms with Crippen molar-refractivity contribution in [2.45, 2.75) is 26.3 Å². The van der Waals surface area contributed by atoms with Gasteiger partial charge in [-0.2, -0.15) is 0 Å². The zero-order valence-electron chi connectivity index (χ0n) is 16.9. The van der Waals surface area contributed by atoms with Gasteiger partial charge in [0.2, 0.25) is 0 Å². The second kappa shape index (κ2) is 11.6. The van der Waals surface area contributed by atoms with E-state index >= 15 is 0 Å². The lowest BCUT2D eigenvalue weighted by Gasteiger charge is -2.13. The number of aryl methyl sites for hydroxylation is 1. The molecule has 152 valence electrons. The third kappa shape index (κ3) is 6.29. The Morgan fingerprint density at radius 2 is 2.07 bits per heavy atom. The Hall–Kier alpha value is -3.03. The lowest BCUT2D eigenvalue weighted by Crippen LogP contribution is -2.39. The van der Waals surface area contributed by atoms with Crippen LogP contribution in [0.25, 0.3) is 0 Å². The first-order chi connectivity index (χ1) is 13.7. The van der Waals surface area contributed by atoms with Crippen molar-refractivity contribution in [1.82, 2.24) is 25.4 Å². The molecule has 0 aliphatic heterocycles. The molecule has 2 aromatic rings. The average molecular weight is 387 g/mol. The molecule has 2 N–H and O–H groups in total. The molecule has 8 heteroatoms.